The second kappa shape index (κ2) is 5.31. The van der Waals surface area contributed by atoms with Crippen LogP contribution >= 0.6 is 0 Å². The summed E-state index contributed by atoms with van der Waals surface area (Å²) in [6.45, 7) is 5.70. The van der Waals surface area contributed by atoms with Gasteiger partial charge in [0.25, 0.3) is 0 Å². The highest BCUT2D eigenvalue weighted by Gasteiger charge is 2.20. The zero-order valence-corrected chi connectivity index (χ0v) is 10.4. The first-order valence-electron chi connectivity index (χ1n) is 5.72. The predicted molar refractivity (Wildman–Crippen MR) is 63.9 cm³/mol. The molecular weight excluding hydrogens is 186 g/mol. The standard InChI is InChI=1S/C12H23N3/c1-5-12(2,10-13-3)7-6-11-8-14-15(4)9-11/h8-9,13H,5-7,10H2,1-4H3. The molecule has 0 aliphatic carbocycles. The lowest BCUT2D eigenvalue weighted by Crippen LogP contribution is -2.29. The van der Waals surface area contributed by atoms with Crippen molar-refractivity contribution in [1.29, 1.82) is 0 Å². The molecule has 3 heteroatoms. The first kappa shape index (κ1) is 12.2. The lowest BCUT2D eigenvalue weighted by Gasteiger charge is -2.27. The van der Waals surface area contributed by atoms with Gasteiger partial charge in [-0.25, -0.2) is 0 Å². The Morgan fingerprint density at radius 3 is 2.73 bits per heavy atom. The molecule has 1 aromatic rings. The van der Waals surface area contributed by atoms with Crippen molar-refractivity contribution in [3.05, 3.63) is 18.0 Å². The van der Waals surface area contributed by atoms with Gasteiger partial charge in [0.2, 0.25) is 0 Å². The second-order valence-corrected chi connectivity index (χ2v) is 4.72. The molecule has 0 fully saturated rings. The summed E-state index contributed by atoms with van der Waals surface area (Å²) in [5, 5.41) is 7.47. The number of nitrogens with one attached hydrogen (secondary N) is 1. The maximum atomic E-state index is 4.19. The SMILES string of the molecule is CCC(C)(CCc1cnn(C)c1)CNC. The third kappa shape index (κ3) is 3.67. The molecule has 0 aromatic carbocycles. The van der Waals surface area contributed by atoms with Crippen molar-refractivity contribution in [2.45, 2.75) is 33.1 Å². The van der Waals surface area contributed by atoms with E-state index in [1.165, 1.54) is 18.4 Å². The van der Waals surface area contributed by atoms with Crippen LogP contribution in [0.2, 0.25) is 0 Å². The van der Waals surface area contributed by atoms with E-state index in [4.69, 9.17) is 0 Å². The van der Waals surface area contributed by atoms with Gasteiger partial charge in [-0.05, 0) is 37.3 Å². The molecule has 0 aliphatic rings. The van der Waals surface area contributed by atoms with Crippen LogP contribution in [-0.2, 0) is 13.5 Å². The Morgan fingerprint density at radius 2 is 2.27 bits per heavy atom. The van der Waals surface area contributed by atoms with Gasteiger partial charge in [-0.1, -0.05) is 13.8 Å². The van der Waals surface area contributed by atoms with E-state index < -0.39 is 0 Å². The van der Waals surface area contributed by atoms with Crippen LogP contribution in [0, 0.1) is 5.41 Å². The molecule has 0 spiro atoms. The third-order valence-electron chi connectivity index (χ3n) is 3.23. The van der Waals surface area contributed by atoms with Crippen LogP contribution in [0.1, 0.15) is 32.3 Å². The lowest BCUT2D eigenvalue weighted by molar-refractivity contribution is 0.277. The molecule has 1 aromatic heterocycles. The van der Waals surface area contributed by atoms with E-state index in [1.54, 1.807) is 0 Å². The van der Waals surface area contributed by atoms with Gasteiger partial charge in [-0.2, -0.15) is 5.10 Å². The Balaban J connectivity index is 2.47. The van der Waals surface area contributed by atoms with Crippen LogP contribution in [0.5, 0.6) is 0 Å². The van der Waals surface area contributed by atoms with Crippen molar-refractivity contribution in [3.63, 3.8) is 0 Å². The first-order valence-corrected chi connectivity index (χ1v) is 5.72. The zero-order valence-electron chi connectivity index (χ0n) is 10.4. The summed E-state index contributed by atoms with van der Waals surface area (Å²) in [6, 6.07) is 0. The Morgan fingerprint density at radius 1 is 1.53 bits per heavy atom. The second-order valence-electron chi connectivity index (χ2n) is 4.72. The molecule has 15 heavy (non-hydrogen) atoms. The maximum absolute atomic E-state index is 4.19. The smallest absolute Gasteiger partial charge is 0.0521 e. The fourth-order valence-corrected chi connectivity index (χ4v) is 1.86. The van der Waals surface area contributed by atoms with Gasteiger partial charge in [0.15, 0.2) is 0 Å². The Hall–Kier alpha value is -0.830. The number of hydrogen-bond donors (Lipinski definition) is 1. The number of aryl methyl sites for hydroxylation is 2. The summed E-state index contributed by atoms with van der Waals surface area (Å²) in [5.41, 5.74) is 1.75. The summed E-state index contributed by atoms with van der Waals surface area (Å²) in [5.74, 6) is 0. The maximum Gasteiger partial charge on any atom is 0.0521 e. The molecule has 0 bridgehead atoms. The zero-order chi connectivity index (χ0) is 11.3. The Bertz CT molecular complexity index is 293. The summed E-state index contributed by atoms with van der Waals surface area (Å²) in [4.78, 5) is 0. The van der Waals surface area contributed by atoms with Gasteiger partial charge in [0.1, 0.15) is 0 Å². The van der Waals surface area contributed by atoms with Gasteiger partial charge in [-0.3, -0.25) is 4.68 Å². The summed E-state index contributed by atoms with van der Waals surface area (Å²) < 4.78 is 1.87. The van der Waals surface area contributed by atoms with E-state index in [1.807, 2.05) is 25.0 Å². The molecule has 0 saturated carbocycles. The van der Waals surface area contributed by atoms with E-state index in [0.29, 0.717) is 5.41 Å². The third-order valence-corrected chi connectivity index (χ3v) is 3.23. The number of nitrogens with zero attached hydrogens (tertiary/aromatic N) is 2. The van der Waals surface area contributed by atoms with E-state index in [0.717, 1.165) is 13.0 Å². The molecule has 86 valence electrons. The van der Waals surface area contributed by atoms with Crippen LogP contribution in [-0.4, -0.2) is 23.4 Å². The van der Waals surface area contributed by atoms with E-state index in [-0.39, 0.29) is 0 Å². The minimum absolute atomic E-state index is 0.407. The first-order chi connectivity index (χ1) is 7.09. The minimum Gasteiger partial charge on any atom is -0.319 e. The molecular formula is C12H23N3. The Kier molecular flexibility index (Phi) is 4.33. The highest BCUT2D eigenvalue weighted by atomic mass is 15.2. The molecule has 1 N–H and O–H groups in total. The summed E-state index contributed by atoms with van der Waals surface area (Å²) >= 11 is 0. The number of rotatable bonds is 6. The van der Waals surface area contributed by atoms with Crippen molar-refractivity contribution in [2.75, 3.05) is 13.6 Å². The number of hydrogen-bond acceptors (Lipinski definition) is 2. The average molecular weight is 209 g/mol. The Labute approximate surface area is 92.9 Å². The lowest BCUT2D eigenvalue weighted by atomic mass is 9.82. The molecule has 3 nitrogen and oxygen atoms in total. The number of aromatic nitrogens is 2. The van der Waals surface area contributed by atoms with Crippen molar-refractivity contribution in [3.8, 4) is 0 Å². The molecule has 1 unspecified atom stereocenters. The summed E-state index contributed by atoms with van der Waals surface area (Å²) in [7, 11) is 3.99. The monoisotopic (exact) mass is 209 g/mol. The van der Waals surface area contributed by atoms with Gasteiger partial charge >= 0.3 is 0 Å². The molecule has 0 radical (unpaired) electrons. The van der Waals surface area contributed by atoms with E-state index in [2.05, 4.69) is 30.5 Å². The molecule has 0 amide bonds. The van der Waals surface area contributed by atoms with Crippen molar-refractivity contribution in [2.24, 2.45) is 12.5 Å². The van der Waals surface area contributed by atoms with Crippen molar-refractivity contribution in [1.82, 2.24) is 15.1 Å². The summed E-state index contributed by atoms with van der Waals surface area (Å²) in [6.07, 6.45) is 7.63. The van der Waals surface area contributed by atoms with Crippen LogP contribution in [0.15, 0.2) is 12.4 Å². The normalized spacial score (nSPS) is 15.2. The highest BCUT2D eigenvalue weighted by Crippen LogP contribution is 2.26. The van der Waals surface area contributed by atoms with Crippen LogP contribution in [0.25, 0.3) is 0 Å². The molecule has 1 heterocycles. The van der Waals surface area contributed by atoms with E-state index in [9.17, 15) is 0 Å². The topological polar surface area (TPSA) is 29.9 Å². The van der Waals surface area contributed by atoms with Gasteiger partial charge in [0, 0.05) is 19.8 Å². The fraction of sp³-hybridized carbons (Fsp3) is 0.750. The molecule has 1 rings (SSSR count). The molecule has 1 atom stereocenters. The van der Waals surface area contributed by atoms with Crippen molar-refractivity contribution < 1.29 is 0 Å². The van der Waals surface area contributed by atoms with Gasteiger partial charge in [0.05, 0.1) is 6.20 Å². The van der Waals surface area contributed by atoms with Gasteiger partial charge in [-0.15, -0.1) is 0 Å². The van der Waals surface area contributed by atoms with Crippen LogP contribution < -0.4 is 5.32 Å². The highest BCUT2D eigenvalue weighted by molar-refractivity contribution is 5.04. The average Bonchev–Trinajstić information content (AvgIpc) is 2.62. The largest absolute Gasteiger partial charge is 0.319 e. The van der Waals surface area contributed by atoms with Crippen LogP contribution in [0.3, 0.4) is 0 Å². The minimum atomic E-state index is 0.407. The molecule has 0 aliphatic heterocycles. The quantitative estimate of drug-likeness (QED) is 0.776. The molecule has 0 saturated heterocycles. The van der Waals surface area contributed by atoms with Crippen LogP contribution in [0.4, 0.5) is 0 Å². The van der Waals surface area contributed by atoms with E-state index >= 15 is 0 Å². The van der Waals surface area contributed by atoms with Crippen molar-refractivity contribution >= 4 is 0 Å². The predicted octanol–water partition coefficient (Wildman–Crippen LogP) is 1.99. The fourth-order valence-electron chi connectivity index (χ4n) is 1.86. The van der Waals surface area contributed by atoms with Gasteiger partial charge < -0.3 is 5.32 Å².